The molecule has 2 aromatic rings. The summed E-state index contributed by atoms with van der Waals surface area (Å²) in [6.07, 6.45) is 0.937. The molecule has 0 fully saturated rings. The van der Waals surface area contributed by atoms with Gasteiger partial charge in [0.1, 0.15) is 10.8 Å². The lowest BCUT2D eigenvalue weighted by Gasteiger charge is -2.22. The molecule has 6 nitrogen and oxygen atoms in total. The summed E-state index contributed by atoms with van der Waals surface area (Å²) in [5.74, 6) is -0.752. The number of ether oxygens (including phenoxy) is 2. The molecular formula is C24H31NO5S. The van der Waals surface area contributed by atoms with Crippen molar-refractivity contribution in [3.8, 4) is 5.75 Å². The molecule has 0 spiro atoms. The van der Waals surface area contributed by atoms with Gasteiger partial charge in [0.2, 0.25) is 0 Å². The Morgan fingerprint density at radius 3 is 2.42 bits per heavy atom. The number of carbonyl (C=O) groups is 3. The summed E-state index contributed by atoms with van der Waals surface area (Å²) < 4.78 is 10.4. The van der Waals surface area contributed by atoms with E-state index in [0.29, 0.717) is 27.4 Å². The highest BCUT2D eigenvalue weighted by molar-refractivity contribution is 7.16. The van der Waals surface area contributed by atoms with Crippen molar-refractivity contribution in [3.05, 3.63) is 45.8 Å². The first-order valence-corrected chi connectivity index (χ1v) is 11.1. The third kappa shape index (κ3) is 6.66. The molecule has 0 radical (unpaired) electrons. The van der Waals surface area contributed by atoms with Gasteiger partial charge in [-0.1, -0.05) is 33.8 Å². The van der Waals surface area contributed by atoms with Gasteiger partial charge in [0.25, 0.3) is 5.91 Å². The Hall–Kier alpha value is -2.67. The number of anilines is 1. The number of hydrogen-bond donors (Lipinski definition) is 1. The summed E-state index contributed by atoms with van der Waals surface area (Å²) >= 11 is 1.39. The van der Waals surface area contributed by atoms with Crippen molar-refractivity contribution in [2.24, 2.45) is 5.41 Å². The SMILES string of the molecule is CCOC(=O)c1cc(C(C)CC(C)(C)C)sc1NC(=O)c1cccc(OC(C)=O)c1C. The second kappa shape index (κ2) is 10.1. The summed E-state index contributed by atoms with van der Waals surface area (Å²) in [4.78, 5) is 37.9. The van der Waals surface area contributed by atoms with Gasteiger partial charge >= 0.3 is 11.9 Å². The summed E-state index contributed by atoms with van der Waals surface area (Å²) in [6, 6.07) is 6.75. The van der Waals surface area contributed by atoms with Crippen molar-refractivity contribution in [1.29, 1.82) is 0 Å². The van der Waals surface area contributed by atoms with Crippen LogP contribution in [0.4, 0.5) is 5.00 Å². The molecule has 0 aliphatic heterocycles. The van der Waals surface area contributed by atoms with E-state index in [-0.39, 0.29) is 23.8 Å². The maximum absolute atomic E-state index is 13.0. The smallest absolute Gasteiger partial charge is 0.341 e. The number of esters is 2. The predicted octanol–water partition coefficient (Wildman–Crippen LogP) is 5.95. The van der Waals surface area contributed by atoms with Crippen LogP contribution in [0.5, 0.6) is 5.75 Å². The molecule has 0 bridgehead atoms. The molecule has 31 heavy (non-hydrogen) atoms. The van der Waals surface area contributed by atoms with E-state index in [0.717, 1.165) is 11.3 Å². The van der Waals surface area contributed by atoms with Crippen molar-refractivity contribution in [3.63, 3.8) is 0 Å². The average Bonchev–Trinajstić information content (AvgIpc) is 3.06. The first-order valence-electron chi connectivity index (χ1n) is 10.3. The number of thiophene rings is 1. The molecule has 2 rings (SSSR count). The van der Waals surface area contributed by atoms with Crippen LogP contribution in [0.25, 0.3) is 0 Å². The second-order valence-corrected chi connectivity index (χ2v) is 9.84. The zero-order valence-electron chi connectivity index (χ0n) is 19.3. The standard InChI is InChI=1S/C24H31NO5S/c1-8-29-23(28)18-12-20(14(2)13-24(5,6)7)31-22(18)25-21(27)17-10-9-11-19(15(17)3)30-16(4)26/h9-12,14H,8,13H2,1-7H3,(H,25,27). The number of rotatable bonds is 7. The molecule has 1 aromatic heterocycles. The third-order valence-electron chi connectivity index (χ3n) is 4.66. The maximum atomic E-state index is 13.0. The van der Waals surface area contributed by atoms with Crippen molar-refractivity contribution >= 4 is 34.2 Å². The van der Waals surface area contributed by atoms with Crippen molar-refractivity contribution in [2.45, 2.75) is 60.8 Å². The van der Waals surface area contributed by atoms with Crippen LogP contribution in [0.3, 0.4) is 0 Å². The highest BCUT2D eigenvalue weighted by Crippen LogP contribution is 2.39. The Balaban J connectivity index is 2.37. The van der Waals surface area contributed by atoms with Crippen LogP contribution < -0.4 is 10.1 Å². The van der Waals surface area contributed by atoms with Crippen LogP contribution in [0.1, 0.15) is 85.0 Å². The first-order chi connectivity index (χ1) is 14.4. The van der Waals surface area contributed by atoms with E-state index in [1.54, 1.807) is 32.0 Å². The van der Waals surface area contributed by atoms with Crippen LogP contribution in [0.15, 0.2) is 24.3 Å². The van der Waals surface area contributed by atoms with E-state index in [1.807, 2.05) is 6.07 Å². The number of nitrogens with one attached hydrogen (secondary N) is 1. The molecular weight excluding hydrogens is 414 g/mol. The molecule has 1 unspecified atom stereocenters. The normalized spacial score (nSPS) is 12.2. The minimum atomic E-state index is -0.464. The molecule has 1 heterocycles. The minimum absolute atomic E-state index is 0.130. The Labute approximate surface area is 187 Å². The molecule has 0 aliphatic rings. The lowest BCUT2D eigenvalue weighted by atomic mass is 9.85. The molecule has 1 aromatic carbocycles. The average molecular weight is 446 g/mol. The van der Waals surface area contributed by atoms with Crippen molar-refractivity contribution < 1.29 is 23.9 Å². The Morgan fingerprint density at radius 1 is 1.16 bits per heavy atom. The molecule has 0 saturated carbocycles. The third-order valence-corrected chi connectivity index (χ3v) is 5.94. The quantitative estimate of drug-likeness (QED) is 0.421. The van der Waals surface area contributed by atoms with Crippen molar-refractivity contribution in [1.82, 2.24) is 0 Å². The van der Waals surface area contributed by atoms with Gasteiger partial charge < -0.3 is 14.8 Å². The topological polar surface area (TPSA) is 81.7 Å². The molecule has 1 N–H and O–H groups in total. The number of benzene rings is 1. The van der Waals surface area contributed by atoms with Crippen LogP contribution in [0.2, 0.25) is 0 Å². The van der Waals surface area contributed by atoms with Gasteiger partial charge in [0.05, 0.1) is 12.2 Å². The lowest BCUT2D eigenvalue weighted by Crippen LogP contribution is -2.16. The summed E-state index contributed by atoms with van der Waals surface area (Å²) in [5, 5.41) is 3.32. The highest BCUT2D eigenvalue weighted by Gasteiger charge is 2.25. The summed E-state index contributed by atoms with van der Waals surface area (Å²) in [5.41, 5.74) is 1.40. The zero-order chi connectivity index (χ0) is 23.3. The Bertz CT molecular complexity index is 971. The predicted molar refractivity (Wildman–Crippen MR) is 123 cm³/mol. The Morgan fingerprint density at radius 2 is 1.84 bits per heavy atom. The molecule has 7 heteroatoms. The van der Waals surface area contributed by atoms with E-state index in [1.165, 1.54) is 18.3 Å². The van der Waals surface area contributed by atoms with Gasteiger partial charge in [0.15, 0.2) is 0 Å². The Kier molecular flexibility index (Phi) is 8.01. The van der Waals surface area contributed by atoms with Gasteiger partial charge in [0, 0.05) is 22.9 Å². The van der Waals surface area contributed by atoms with Crippen molar-refractivity contribution in [2.75, 3.05) is 11.9 Å². The monoisotopic (exact) mass is 445 g/mol. The van der Waals surface area contributed by atoms with Crippen LogP contribution >= 0.6 is 11.3 Å². The zero-order valence-corrected chi connectivity index (χ0v) is 20.1. The van der Waals surface area contributed by atoms with Crippen LogP contribution in [-0.4, -0.2) is 24.5 Å². The molecule has 0 aliphatic carbocycles. The number of amides is 1. The fourth-order valence-corrected chi connectivity index (χ4v) is 4.51. The molecule has 168 valence electrons. The summed E-state index contributed by atoms with van der Waals surface area (Å²) in [6.45, 7) is 13.6. The van der Waals surface area contributed by atoms with Gasteiger partial charge in [-0.15, -0.1) is 11.3 Å². The van der Waals surface area contributed by atoms with E-state index >= 15 is 0 Å². The summed E-state index contributed by atoms with van der Waals surface area (Å²) in [7, 11) is 0. The van der Waals surface area contributed by atoms with E-state index in [9.17, 15) is 14.4 Å². The van der Waals surface area contributed by atoms with Crippen LogP contribution in [0, 0.1) is 12.3 Å². The maximum Gasteiger partial charge on any atom is 0.341 e. The largest absolute Gasteiger partial charge is 0.462 e. The van der Waals surface area contributed by atoms with E-state index in [4.69, 9.17) is 9.47 Å². The molecule has 0 saturated heterocycles. The van der Waals surface area contributed by atoms with E-state index in [2.05, 4.69) is 33.0 Å². The highest BCUT2D eigenvalue weighted by atomic mass is 32.1. The van der Waals surface area contributed by atoms with Gasteiger partial charge in [-0.25, -0.2) is 4.79 Å². The molecule has 1 atom stereocenters. The molecule has 1 amide bonds. The van der Waals surface area contributed by atoms with Gasteiger partial charge in [-0.3, -0.25) is 9.59 Å². The minimum Gasteiger partial charge on any atom is -0.462 e. The fourth-order valence-electron chi connectivity index (χ4n) is 3.42. The second-order valence-electron chi connectivity index (χ2n) is 8.75. The lowest BCUT2D eigenvalue weighted by molar-refractivity contribution is -0.131. The first kappa shape index (κ1) is 24.6. The van der Waals surface area contributed by atoms with Gasteiger partial charge in [-0.2, -0.15) is 0 Å². The van der Waals surface area contributed by atoms with E-state index < -0.39 is 11.9 Å². The number of carbonyl (C=O) groups excluding carboxylic acids is 3. The number of hydrogen-bond acceptors (Lipinski definition) is 6. The van der Waals surface area contributed by atoms with Crippen LogP contribution in [-0.2, 0) is 9.53 Å². The van der Waals surface area contributed by atoms with Gasteiger partial charge in [-0.05, 0) is 49.8 Å². The fraction of sp³-hybridized carbons (Fsp3) is 0.458.